The van der Waals surface area contributed by atoms with Gasteiger partial charge in [-0.1, -0.05) is 6.07 Å². The molecule has 2 heterocycles. The quantitative estimate of drug-likeness (QED) is 0.286. The van der Waals surface area contributed by atoms with Gasteiger partial charge in [-0.25, -0.2) is 0 Å². The number of morpholine rings is 1. The lowest BCUT2D eigenvalue weighted by atomic mass is 9.95. The highest BCUT2D eigenvalue weighted by molar-refractivity contribution is 6.46. The molecule has 204 valence electrons. The molecule has 1 N–H and O–H groups in total. The van der Waals surface area contributed by atoms with Crippen molar-refractivity contribution in [2.24, 2.45) is 0 Å². The Hall–Kier alpha value is -3.56. The summed E-state index contributed by atoms with van der Waals surface area (Å²) in [6.45, 7) is 8.06. The van der Waals surface area contributed by atoms with E-state index in [4.69, 9.17) is 18.9 Å². The van der Waals surface area contributed by atoms with E-state index in [2.05, 4.69) is 4.90 Å². The highest BCUT2D eigenvalue weighted by Crippen LogP contribution is 2.42. The summed E-state index contributed by atoms with van der Waals surface area (Å²) in [5.74, 6) is 0.0797. The molecule has 0 aromatic heterocycles. The van der Waals surface area contributed by atoms with Crippen molar-refractivity contribution < 1.29 is 33.6 Å². The molecule has 1 atom stereocenters. The van der Waals surface area contributed by atoms with Crippen LogP contribution >= 0.6 is 0 Å². The molecule has 2 aromatic rings. The van der Waals surface area contributed by atoms with Crippen molar-refractivity contribution in [2.45, 2.75) is 32.4 Å². The van der Waals surface area contributed by atoms with Crippen LogP contribution in [0.3, 0.4) is 0 Å². The Labute approximate surface area is 223 Å². The number of nitrogens with zero attached hydrogens (tertiary/aromatic N) is 2. The maximum Gasteiger partial charge on any atom is 0.295 e. The fourth-order valence-corrected chi connectivity index (χ4v) is 4.89. The molecule has 2 aromatic carbocycles. The fraction of sp³-hybridized carbons (Fsp3) is 0.448. The van der Waals surface area contributed by atoms with E-state index in [0.29, 0.717) is 54.6 Å². The first-order valence-corrected chi connectivity index (χ1v) is 12.9. The number of amides is 1. The van der Waals surface area contributed by atoms with Gasteiger partial charge in [0.25, 0.3) is 11.7 Å². The molecule has 2 aliphatic heterocycles. The number of carbonyl (C=O) groups is 2. The molecule has 2 aliphatic rings. The predicted octanol–water partition coefficient (Wildman–Crippen LogP) is 3.64. The number of carbonyl (C=O) groups excluding carboxylic acids is 2. The Morgan fingerprint density at radius 1 is 1.00 bits per heavy atom. The van der Waals surface area contributed by atoms with E-state index in [-0.39, 0.29) is 17.4 Å². The molecule has 4 rings (SSSR count). The van der Waals surface area contributed by atoms with Crippen LogP contribution in [0.2, 0.25) is 0 Å². The summed E-state index contributed by atoms with van der Waals surface area (Å²) in [5.41, 5.74) is 1.12. The Balaban J connectivity index is 1.70. The summed E-state index contributed by atoms with van der Waals surface area (Å²) < 4.78 is 22.0. The van der Waals surface area contributed by atoms with Crippen LogP contribution in [0.1, 0.15) is 37.4 Å². The van der Waals surface area contributed by atoms with Crippen LogP contribution in [0, 0.1) is 0 Å². The first-order chi connectivity index (χ1) is 18.3. The van der Waals surface area contributed by atoms with Crippen molar-refractivity contribution in [1.29, 1.82) is 0 Å². The number of Topliss-reactive ketones (excluding diaryl/α,β-unsaturated/α-hetero) is 1. The number of hydrogen-bond acceptors (Lipinski definition) is 8. The minimum absolute atomic E-state index is 0.00212. The summed E-state index contributed by atoms with van der Waals surface area (Å²) >= 11 is 0. The zero-order valence-electron chi connectivity index (χ0n) is 22.4. The van der Waals surface area contributed by atoms with E-state index in [0.717, 1.165) is 19.6 Å². The minimum atomic E-state index is -0.772. The monoisotopic (exact) mass is 524 g/mol. The van der Waals surface area contributed by atoms with Gasteiger partial charge >= 0.3 is 0 Å². The lowest BCUT2D eigenvalue weighted by Gasteiger charge is -2.29. The Morgan fingerprint density at radius 3 is 2.32 bits per heavy atom. The number of ketones is 1. The minimum Gasteiger partial charge on any atom is -0.507 e. The van der Waals surface area contributed by atoms with Crippen LogP contribution < -0.4 is 14.2 Å². The maximum atomic E-state index is 13.4. The number of methoxy groups -OCH3 is 2. The molecule has 0 radical (unpaired) electrons. The van der Waals surface area contributed by atoms with Gasteiger partial charge in [0.05, 0.1) is 45.2 Å². The summed E-state index contributed by atoms with van der Waals surface area (Å²) in [5, 5.41) is 11.3. The largest absolute Gasteiger partial charge is 0.507 e. The predicted molar refractivity (Wildman–Crippen MR) is 143 cm³/mol. The van der Waals surface area contributed by atoms with E-state index in [1.807, 2.05) is 13.8 Å². The molecule has 9 heteroatoms. The first-order valence-electron chi connectivity index (χ1n) is 12.9. The number of hydrogen-bond donors (Lipinski definition) is 1. The average Bonchev–Trinajstić information content (AvgIpc) is 3.18. The summed E-state index contributed by atoms with van der Waals surface area (Å²) in [6.07, 6.45) is 0.681. The molecule has 9 nitrogen and oxygen atoms in total. The summed E-state index contributed by atoms with van der Waals surface area (Å²) in [7, 11) is 3.07. The normalized spacial score (nSPS) is 19.7. The number of aliphatic hydroxyl groups excluding tert-OH is 1. The van der Waals surface area contributed by atoms with E-state index in [1.165, 1.54) is 7.11 Å². The summed E-state index contributed by atoms with van der Waals surface area (Å²) in [6, 6.07) is 11.3. The fourth-order valence-electron chi connectivity index (χ4n) is 4.89. The lowest BCUT2D eigenvalue weighted by molar-refractivity contribution is -0.140. The second-order valence-electron chi connectivity index (χ2n) is 9.61. The lowest BCUT2D eigenvalue weighted by Crippen LogP contribution is -2.38. The molecular weight excluding hydrogens is 488 g/mol. The molecule has 0 spiro atoms. The van der Waals surface area contributed by atoms with Crippen molar-refractivity contribution in [2.75, 3.05) is 53.6 Å². The smallest absolute Gasteiger partial charge is 0.295 e. The molecule has 2 saturated heterocycles. The van der Waals surface area contributed by atoms with Crippen LogP contribution in [-0.2, 0) is 14.3 Å². The van der Waals surface area contributed by atoms with Gasteiger partial charge < -0.3 is 29.0 Å². The standard InChI is InChI=1S/C29H36N2O7/c1-19(2)38-22-9-6-20(7-10-22)27(32)25-26(21-8-11-23(35-3)24(18-21)36-4)31(29(34)28(25)33)13-5-12-30-14-16-37-17-15-30/h6-11,18-19,26,32H,5,12-17H2,1-4H3/b27-25+. The number of ether oxygens (including phenoxy) is 4. The highest BCUT2D eigenvalue weighted by atomic mass is 16.5. The van der Waals surface area contributed by atoms with Crippen molar-refractivity contribution in [3.63, 3.8) is 0 Å². The van der Waals surface area contributed by atoms with Crippen molar-refractivity contribution in [1.82, 2.24) is 9.80 Å². The van der Waals surface area contributed by atoms with Crippen LogP contribution in [0.15, 0.2) is 48.0 Å². The van der Waals surface area contributed by atoms with Crippen LogP contribution in [-0.4, -0.2) is 86.3 Å². The Kier molecular flexibility index (Phi) is 8.91. The Morgan fingerprint density at radius 2 is 1.68 bits per heavy atom. The second-order valence-corrected chi connectivity index (χ2v) is 9.61. The zero-order valence-corrected chi connectivity index (χ0v) is 22.4. The van der Waals surface area contributed by atoms with Crippen LogP contribution in [0.5, 0.6) is 17.2 Å². The Bertz CT molecular complexity index is 1170. The molecule has 1 amide bonds. The van der Waals surface area contributed by atoms with Gasteiger partial charge in [0.15, 0.2) is 11.5 Å². The van der Waals surface area contributed by atoms with Crippen molar-refractivity contribution in [3.8, 4) is 17.2 Å². The van der Waals surface area contributed by atoms with Gasteiger partial charge in [-0.05, 0) is 62.2 Å². The van der Waals surface area contributed by atoms with Crippen molar-refractivity contribution in [3.05, 3.63) is 59.2 Å². The third kappa shape index (κ3) is 5.95. The number of aliphatic hydroxyl groups is 1. The first kappa shape index (κ1) is 27.5. The van der Waals surface area contributed by atoms with Gasteiger partial charge in [-0.15, -0.1) is 0 Å². The molecule has 1 unspecified atom stereocenters. The molecule has 0 saturated carbocycles. The number of likely N-dealkylation sites (tertiary alicyclic amines) is 1. The van der Waals surface area contributed by atoms with E-state index in [1.54, 1.807) is 54.5 Å². The SMILES string of the molecule is COc1ccc(C2/C(=C(\O)c3ccc(OC(C)C)cc3)C(=O)C(=O)N2CCCN2CCOCC2)cc1OC. The van der Waals surface area contributed by atoms with Crippen LogP contribution in [0.4, 0.5) is 0 Å². The zero-order chi connectivity index (χ0) is 27.2. The number of rotatable bonds is 10. The molecule has 38 heavy (non-hydrogen) atoms. The maximum absolute atomic E-state index is 13.4. The third-order valence-corrected chi connectivity index (χ3v) is 6.74. The van der Waals surface area contributed by atoms with Gasteiger partial charge in [0, 0.05) is 31.7 Å². The van der Waals surface area contributed by atoms with Gasteiger partial charge in [0.1, 0.15) is 11.5 Å². The summed E-state index contributed by atoms with van der Waals surface area (Å²) in [4.78, 5) is 30.5. The van der Waals surface area contributed by atoms with E-state index >= 15 is 0 Å². The van der Waals surface area contributed by atoms with Gasteiger partial charge in [-0.2, -0.15) is 0 Å². The second kappa shape index (κ2) is 12.3. The van der Waals surface area contributed by atoms with E-state index < -0.39 is 17.7 Å². The van der Waals surface area contributed by atoms with Crippen molar-refractivity contribution >= 4 is 17.4 Å². The molecular formula is C29H36N2O7. The topological polar surface area (TPSA) is 97.8 Å². The van der Waals surface area contributed by atoms with Gasteiger partial charge in [-0.3, -0.25) is 14.5 Å². The average molecular weight is 525 g/mol. The molecule has 2 fully saturated rings. The highest BCUT2D eigenvalue weighted by Gasteiger charge is 2.46. The van der Waals surface area contributed by atoms with Gasteiger partial charge in [0.2, 0.25) is 0 Å². The number of benzene rings is 2. The molecule has 0 bridgehead atoms. The van der Waals surface area contributed by atoms with E-state index in [9.17, 15) is 14.7 Å². The molecule has 0 aliphatic carbocycles. The third-order valence-electron chi connectivity index (χ3n) is 6.74. The van der Waals surface area contributed by atoms with Crippen LogP contribution in [0.25, 0.3) is 5.76 Å².